The Morgan fingerprint density at radius 1 is 1.10 bits per heavy atom. The van der Waals surface area contributed by atoms with Gasteiger partial charge in [-0.1, -0.05) is 26.0 Å². The number of hydrogen-bond donors (Lipinski definition) is 4. The number of amides is 3. The topological polar surface area (TPSA) is 197 Å². The highest BCUT2D eigenvalue weighted by Gasteiger charge is 2.46. The number of carbonyl (C=O) groups is 3. The van der Waals surface area contributed by atoms with E-state index in [0.29, 0.717) is 49.2 Å². The SMILES string of the molecule is CC(C)[C@H](CC1(c2nnn[nH]2)c2ccc(C(N)=O)cc2CCc2cc(C(N)=O)ccc21)NCC(=O)N1CCCC1C#N. The van der Waals surface area contributed by atoms with Gasteiger partial charge in [0.25, 0.3) is 0 Å². The Morgan fingerprint density at radius 3 is 2.21 bits per heavy atom. The maximum atomic E-state index is 13.2. The Labute approximate surface area is 243 Å². The first-order valence-electron chi connectivity index (χ1n) is 14.2. The molecule has 2 aromatic carbocycles. The Hall–Kier alpha value is -4.63. The Kier molecular flexibility index (Phi) is 8.04. The minimum atomic E-state index is -0.940. The highest BCUT2D eigenvalue weighted by atomic mass is 16.2. The molecular weight excluding hydrogens is 534 g/mol. The molecule has 1 aliphatic heterocycles. The molecule has 1 aliphatic carbocycles. The molecule has 1 saturated heterocycles. The van der Waals surface area contributed by atoms with Crippen LogP contribution >= 0.6 is 0 Å². The summed E-state index contributed by atoms with van der Waals surface area (Å²) in [4.78, 5) is 39.1. The fraction of sp³-hybridized carbons (Fsp3) is 0.433. The molecular formula is C30H35N9O3. The Bertz CT molecular complexity index is 1480. The molecule has 12 heteroatoms. The van der Waals surface area contributed by atoms with Gasteiger partial charge in [-0.25, -0.2) is 5.10 Å². The van der Waals surface area contributed by atoms with E-state index in [1.54, 1.807) is 17.0 Å². The molecule has 1 fully saturated rings. The van der Waals surface area contributed by atoms with E-state index in [0.717, 1.165) is 28.7 Å². The van der Waals surface area contributed by atoms with Crippen LogP contribution in [-0.4, -0.2) is 68.4 Å². The Balaban J connectivity index is 1.64. The molecule has 6 N–H and O–H groups in total. The number of nitrogens with zero attached hydrogens (tertiary/aromatic N) is 5. The maximum Gasteiger partial charge on any atom is 0.248 e. The second kappa shape index (κ2) is 11.7. The number of nitriles is 1. The number of nitrogens with one attached hydrogen (secondary N) is 2. The van der Waals surface area contributed by atoms with Crippen LogP contribution in [0.5, 0.6) is 0 Å². The third kappa shape index (κ3) is 5.23. The van der Waals surface area contributed by atoms with Crippen LogP contribution in [0.15, 0.2) is 36.4 Å². The number of hydrogen-bond acceptors (Lipinski definition) is 8. The lowest BCUT2D eigenvalue weighted by atomic mass is 9.66. The summed E-state index contributed by atoms with van der Waals surface area (Å²) in [5.41, 5.74) is 14.8. The summed E-state index contributed by atoms with van der Waals surface area (Å²) < 4.78 is 0. The highest BCUT2D eigenvalue weighted by Crippen LogP contribution is 2.47. The predicted molar refractivity (Wildman–Crippen MR) is 153 cm³/mol. The number of tetrazole rings is 1. The van der Waals surface area contributed by atoms with E-state index in [9.17, 15) is 19.6 Å². The zero-order valence-electron chi connectivity index (χ0n) is 23.8. The van der Waals surface area contributed by atoms with Crippen LogP contribution < -0.4 is 16.8 Å². The minimum absolute atomic E-state index is 0.0761. The van der Waals surface area contributed by atoms with Crippen molar-refractivity contribution in [2.24, 2.45) is 17.4 Å². The van der Waals surface area contributed by atoms with E-state index < -0.39 is 23.3 Å². The number of aromatic nitrogens is 4. The fourth-order valence-corrected chi connectivity index (χ4v) is 6.46. The first-order valence-corrected chi connectivity index (χ1v) is 14.2. The van der Waals surface area contributed by atoms with Crippen molar-refractivity contribution in [1.82, 2.24) is 30.8 Å². The van der Waals surface area contributed by atoms with Gasteiger partial charge in [0, 0.05) is 23.7 Å². The van der Waals surface area contributed by atoms with E-state index in [-0.39, 0.29) is 24.4 Å². The molecule has 1 unspecified atom stereocenters. The quantitative estimate of drug-likeness (QED) is 0.296. The van der Waals surface area contributed by atoms with Crippen molar-refractivity contribution in [3.8, 4) is 6.07 Å². The van der Waals surface area contributed by atoms with Gasteiger partial charge in [-0.2, -0.15) is 5.26 Å². The molecule has 5 rings (SSSR count). The van der Waals surface area contributed by atoms with Crippen LogP contribution in [0.3, 0.4) is 0 Å². The van der Waals surface area contributed by atoms with Crippen molar-refractivity contribution in [3.05, 3.63) is 75.6 Å². The molecule has 0 spiro atoms. The average Bonchev–Trinajstić information content (AvgIpc) is 3.67. The van der Waals surface area contributed by atoms with E-state index in [1.807, 2.05) is 24.3 Å². The Morgan fingerprint density at radius 2 is 1.71 bits per heavy atom. The third-order valence-electron chi connectivity index (χ3n) is 8.68. The van der Waals surface area contributed by atoms with Crippen molar-refractivity contribution in [2.75, 3.05) is 13.1 Å². The molecule has 218 valence electrons. The monoisotopic (exact) mass is 569 g/mol. The molecule has 2 aliphatic rings. The van der Waals surface area contributed by atoms with E-state index in [4.69, 9.17) is 11.5 Å². The number of rotatable bonds is 9. The van der Waals surface area contributed by atoms with Crippen LogP contribution in [0.2, 0.25) is 0 Å². The number of carbonyl (C=O) groups excluding carboxylic acids is 3. The summed E-state index contributed by atoms with van der Waals surface area (Å²) >= 11 is 0. The number of benzene rings is 2. The number of likely N-dealkylation sites (tertiary alicyclic amines) is 1. The van der Waals surface area contributed by atoms with Gasteiger partial charge >= 0.3 is 0 Å². The van der Waals surface area contributed by atoms with Crippen molar-refractivity contribution in [1.29, 1.82) is 5.26 Å². The molecule has 0 saturated carbocycles. The average molecular weight is 570 g/mol. The van der Waals surface area contributed by atoms with Gasteiger partial charge < -0.3 is 21.7 Å². The summed E-state index contributed by atoms with van der Waals surface area (Å²) in [7, 11) is 0. The number of fused-ring (bicyclic) bond motifs is 2. The van der Waals surface area contributed by atoms with Gasteiger partial charge in [0.1, 0.15) is 6.04 Å². The van der Waals surface area contributed by atoms with Crippen molar-refractivity contribution < 1.29 is 14.4 Å². The zero-order valence-corrected chi connectivity index (χ0v) is 23.8. The van der Waals surface area contributed by atoms with Gasteiger partial charge in [-0.05, 0) is 95.0 Å². The van der Waals surface area contributed by atoms with Gasteiger partial charge in [0.15, 0.2) is 5.82 Å². The molecule has 42 heavy (non-hydrogen) atoms. The molecule has 0 radical (unpaired) electrons. The first-order chi connectivity index (χ1) is 20.1. The fourth-order valence-electron chi connectivity index (χ4n) is 6.46. The van der Waals surface area contributed by atoms with Crippen LogP contribution in [0.4, 0.5) is 0 Å². The minimum Gasteiger partial charge on any atom is -0.366 e. The standard InChI is InChI=1S/C30H35N9O3/c1-17(2)25(34-16-26(40)39-11-3-4-22(39)15-31)14-30(29-35-37-38-36-29)23-9-7-20(27(32)41)12-18(23)5-6-19-13-21(28(33)42)8-10-24(19)30/h7-10,12-13,17,22,25,34H,3-6,11,14,16H2,1-2H3,(H2,32,41)(H2,33,42)(H,35,36,37,38)/t22?,25-/m0/s1. The smallest absolute Gasteiger partial charge is 0.248 e. The zero-order chi connectivity index (χ0) is 30.0. The van der Waals surface area contributed by atoms with E-state index in [2.05, 4.69) is 45.9 Å². The second-order valence-corrected chi connectivity index (χ2v) is 11.4. The lowest BCUT2D eigenvalue weighted by molar-refractivity contribution is -0.130. The lowest BCUT2D eigenvalue weighted by Gasteiger charge is -2.39. The van der Waals surface area contributed by atoms with E-state index >= 15 is 0 Å². The maximum absolute atomic E-state index is 13.2. The molecule has 1 aromatic heterocycles. The number of H-pyrrole nitrogens is 1. The summed E-state index contributed by atoms with van der Waals surface area (Å²) in [5, 5.41) is 28.2. The van der Waals surface area contributed by atoms with Crippen LogP contribution in [0.25, 0.3) is 0 Å². The molecule has 2 atom stereocenters. The molecule has 12 nitrogen and oxygen atoms in total. The summed E-state index contributed by atoms with van der Waals surface area (Å²) in [6.07, 6.45) is 3.11. The van der Waals surface area contributed by atoms with Gasteiger partial charge in [-0.3, -0.25) is 14.4 Å². The summed E-state index contributed by atoms with van der Waals surface area (Å²) in [6, 6.07) is 12.5. The lowest BCUT2D eigenvalue weighted by Crippen LogP contribution is -2.48. The predicted octanol–water partition coefficient (Wildman–Crippen LogP) is 1.35. The third-order valence-corrected chi connectivity index (χ3v) is 8.68. The van der Waals surface area contributed by atoms with Crippen LogP contribution in [0, 0.1) is 17.2 Å². The van der Waals surface area contributed by atoms with Crippen molar-refractivity contribution in [3.63, 3.8) is 0 Å². The second-order valence-electron chi connectivity index (χ2n) is 11.4. The van der Waals surface area contributed by atoms with Gasteiger partial charge in [0.2, 0.25) is 17.7 Å². The molecule has 0 bridgehead atoms. The molecule has 3 amide bonds. The van der Waals surface area contributed by atoms with Gasteiger partial charge in [0.05, 0.1) is 18.0 Å². The summed E-state index contributed by atoms with van der Waals surface area (Å²) in [6.45, 7) is 4.80. The molecule has 2 heterocycles. The number of primary amides is 2. The highest BCUT2D eigenvalue weighted by molar-refractivity contribution is 5.94. The van der Waals surface area contributed by atoms with Crippen molar-refractivity contribution >= 4 is 17.7 Å². The normalized spacial score (nSPS) is 18.0. The number of aryl methyl sites for hydroxylation is 2. The largest absolute Gasteiger partial charge is 0.366 e. The molecule has 3 aromatic rings. The van der Waals surface area contributed by atoms with Crippen molar-refractivity contribution in [2.45, 2.75) is 63.5 Å². The number of nitrogens with two attached hydrogens (primary N) is 2. The van der Waals surface area contributed by atoms with Crippen LogP contribution in [0.1, 0.15) is 81.9 Å². The summed E-state index contributed by atoms with van der Waals surface area (Å²) in [5.74, 6) is -0.589. The number of aromatic amines is 1. The van der Waals surface area contributed by atoms with Crippen LogP contribution in [-0.2, 0) is 23.1 Å². The first kappa shape index (κ1) is 28.9. The van der Waals surface area contributed by atoms with E-state index in [1.165, 1.54) is 0 Å². The van der Waals surface area contributed by atoms with Gasteiger partial charge in [-0.15, -0.1) is 5.10 Å².